The lowest BCUT2D eigenvalue weighted by molar-refractivity contribution is 0.0666. The van der Waals surface area contributed by atoms with Crippen LogP contribution in [0.5, 0.6) is 0 Å². The molecule has 0 spiro atoms. The number of hydrogen-bond donors (Lipinski definition) is 2. The van der Waals surface area contributed by atoms with Gasteiger partial charge < -0.3 is 20.1 Å². The Morgan fingerprint density at radius 1 is 1.21 bits per heavy atom. The number of fused-ring (bicyclic) bond motifs is 2. The molecule has 1 aliphatic heterocycles. The van der Waals surface area contributed by atoms with Crippen LogP contribution in [0, 0.1) is 6.92 Å². The third-order valence-electron chi connectivity index (χ3n) is 5.25. The maximum absolute atomic E-state index is 13.2. The summed E-state index contributed by atoms with van der Waals surface area (Å²) in [5.74, 6) is 0.630. The number of H-pyrrole nitrogens is 1. The molecule has 5 rings (SSSR count). The van der Waals surface area contributed by atoms with Crippen LogP contribution in [0.15, 0.2) is 30.7 Å². The number of aryl methyl sites for hydroxylation is 1. The maximum atomic E-state index is 13.2. The third-order valence-corrected chi connectivity index (χ3v) is 6.18. The highest BCUT2D eigenvalue weighted by atomic mass is 32.1. The lowest BCUT2D eigenvalue weighted by atomic mass is 10.2. The Morgan fingerprint density at radius 2 is 2.03 bits per heavy atom. The van der Waals surface area contributed by atoms with Crippen LogP contribution in [0.3, 0.4) is 0 Å². The van der Waals surface area contributed by atoms with Crippen molar-refractivity contribution in [2.24, 2.45) is 0 Å². The summed E-state index contributed by atoms with van der Waals surface area (Å²) >= 11 is 1.65. The zero-order valence-electron chi connectivity index (χ0n) is 16.3. The molecule has 1 amide bonds. The second kappa shape index (κ2) is 7.09. The Kier molecular flexibility index (Phi) is 4.40. The number of hydrogen-bond acceptors (Lipinski definition) is 7. The van der Waals surface area contributed by atoms with Crippen molar-refractivity contribution in [3.05, 3.63) is 41.3 Å². The van der Waals surface area contributed by atoms with Crippen LogP contribution < -0.4 is 5.32 Å². The number of aromatic nitrogens is 4. The van der Waals surface area contributed by atoms with E-state index in [0.717, 1.165) is 52.5 Å². The summed E-state index contributed by atoms with van der Waals surface area (Å²) in [5.41, 5.74) is 3.14. The van der Waals surface area contributed by atoms with E-state index in [1.165, 1.54) is 6.33 Å². The van der Waals surface area contributed by atoms with Gasteiger partial charge in [0.25, 0.3) is 5.91 Å². The predicted octanol–water partition coefficient (Wildman–Crippen LogP) is 3.01. The minimum atomic E-state index is 0.00994. The molecular formula is C20H21N7OS. The SMILES string of the molecule is Cc1nc2ccc(Nc3ncnc4[nH]cc(C(=O)N5CCN(C)CC5)c34)cc2s1. The van der Waals surface area contributed by atoms with Crippen molar-refractivity contribution >= 4 is 50.0 Å². The number of anilines is 2. The first-order valence-electron chi connectivity index (χ1n) is 9.52. The van der Waals surface area contributed by atoms with Gasteiger partial charge in [-0.15, -0.1) is 11.3 Å². The normalized spacial score (nSPS) is 15.3. The van der Waals surface area contributed by atoms with Crippen LogP contribution in [0.4, 0.5) is 11.5 Å². The summed E-state index contributed by atoms with van der Waals surface area (Å²) in [6.45, 7) is 5.20. The van der Waals surface area contributed by atoms with Crippen molar-refractivity contribution in [1.29, 1.82) is 0 Å². The van der Waals surface area contributed by atoms with Gasteiger partial charge in [-0.1, -0.05) is 0 Å². The minimum Gasteiger partial charge on any atom is -0.345 e. The Hall–Kier alpha value is -3.04. The average molecular weight is 408 g/mol. The van der Waals surface area contributed by atoms with Gasteiger partial charge in [0.15, 0.2) is 0 Å². The van der Waals surface area contributed by atoms with Crippen LogP contribution >= 0.6 is 11.3 Å². The molecule has 4 aromatic rings. The van der Waals surface area contributed by atoms with Crippen molar-refractivity contribution in [1.82, 2.24) is 29.7 Å². The number of likely N-dealkylation sites (N-methyl/N-ethyl adjacent to an activating group) is 1. The number of aromatic amines is 1. The van der Waals surface area contributed by atoms with E-state index in [9.17, 15) is 4.79 Å². The fourth-order valence-corrected chi connectivity index (χ4v) is 4.53. The first-order valence-corrected chi connectivity index (χ1v) is 10.3. The van der Waals surface area contributed by atoms with Crippen molar-refractivity contribution < 1.29 is 4.79 Å². The number of carbonyl (C=O) groups excluding carboxylic acids is 1. The van der Waals surface area contributed by atoms with Crippen LogP contribution in [0.1, 0.15) is 15.4 Å². The number of thiazole rings is 1. The first kappa shape index (κ1) is 18.0. The van der Waals surface area contributed by atoms with Crippen molar-refractivity contribution in [2.45, 2.75) is 6.92 Å². The van der Waals surface area contributed by atoms with E-state index >= 15 is 0 Å². The van der Waals surface area contributed by atoms with Crippen molar-refractivity contribution in [3.63, 3.8) is 0 Å². The number of nitrogens with one attached hydrogen (secondary N) is 2. The molecule has 0 aliphatic carbocycles. The van der Waals surface area contributed by atoms with Gasteiger partial charge in [-0.05, 0) is 32.2 Å². The molecule has 2 N–H and O–H groups in total. The molecule has 1 aromatic carbocycles. The third kappa shape index (κ3) is 3.32. The van der Waals surface area contributed by atoms with E-state index in [1.807, 2.05) is 24.0 Å². The second-order valence-corrected chi connectivity index (χ2v) is 8.52. The van der Waals surface area contributed by atoms with E-state index in [0.29, 0.717) is 17.0 Å². The lowest BCUT2D eigenvalue weighted by Crippen LogP contribution is -2.47. The summed E-state index contributed by atoms with van der Waals surface area (Å²) in [5, 5.41) is 5.12. The Bertz CT molecular complexity index is 1210. The number of nitrogens with zero attached hydrogens (tertiary/aromatic N) is 5. The Labute approximate surface area is 171 Å². The zero-order chi connectivity index (χ0) is 20.0. The van der Waals surface area contributed by atoms with Crippen molar-refractivity contribution in [3.8, 4) is 0 Å². The number of carbonyl (C=O) groups is 1. The Balaban J connectivity index is 1.50. The zero-order valence-corrected chi connectivity index (χ0v) is 17.1. The molecule has 0 saturated carbocycles. The minimum absolute atomic E-state index is 0.00994. The smallest absolute Gasteiger partial charge is 0.256 e. The highest BCUT2D eigenvalue weighted by Crippen LogP contribution is 2.30. The standard InChI is InChI=1S/C20H21N7OS/c1-12-24-15-4-3-13(9-16(15)29-12)25-19-17-14(10-21-18(17)22-11-23-19)20(28)27-7-5-26(2)6-8-27/h3-4,9-11H,5-8H2,1-2H3,(H2,21,22,23,25). The highest BCUT2D eigenvalue weighted by Gasteiger charge is 2.24. The second-order valence-electron chi connectivity index (χ2n) is 7.28. The molecule has 9 heteroatoms. The van der Waals surface area contributed by atoms with Crippen LogP contribution in [-0.4, -0.2) is 68.9 Å². The van der Waals surface area contributed by atoms with E-state index in [4.69, 9.17) is 0 Å². The molecule has 1 saturated heterocycles. The fourth-order valence-electron chi connectivity index (χ4n) is 3.66. The Morgan fingerprint density at radius 3 is 2.86 bits per heavy atom. The fraction of sp³-hybridized carbons (Fsp3) is 0.300. The molecule has 0 atom stereocenters. The first-order chi connectivity index (χ1) is 14.1. The summed E-state index contributed by atoms with van der Waals surface area (Å²) in [6.07, 6.45) is 3.24. The van der Waals surface area contributed by atoms with Gasteiger partial charge in [-0.2, -0.15) is 0 Å². The van der Waals surface area contributed by atoms with Gasteiger partial charge in [-0.25, -0.2) is 15.0 Å². The summed E-state index contributed by atoms with van der Waals surface area (Å²) in [7, 11) is 2.07. The van der Waals surface area contributed by atoms with E-state index in [2.05, 4.69) is 43.3 Å². The largest absolute Gasteiger partial charge is 0.345 e. The van der Waals surface area contributed by atoms with Gasteiger partial charge >= 0.3 is 0 Å². The average Bonchev–Trinajstić information content (AvgIpc) is 3.31. The summed E-state index contributed by atoms with van der Waals surface area (Å²) < 4.78 is 1.11. The molecule has 8 nitrogen and oxygen atoms in total. The molecule has 0 radical (unpaired) electrons. The van der Waals surface area contributed by atoms with Crippen LogP contribution in [0.2, 0.25) is 0 Å². The molecule has 148 valence electrons. The van der Waals surface area contributed by atoms with Crippen molar-refractivity contribution in [2.75, 3.05) is 38.5 Å². The van der Waals surface area contributed by atoms with Crippen LogP contribution in [-0.2, 0) is 0 Å². The van der Waals surface area contributed by atoms with Gasteiger partial charge in [0.1, 0.15) is 17.8 Å². The topological polar surface area (TPSA) is 90.0 Å². The highest BCUT2D eigenvalue weighted by molar-refractivity contribution is 7.18. The number of amides is 1. The van der Waals surface area contributed by atoms with E-state index in [1.54, 1.807) is 17.5 Å². The van der Waals surface area contributed by atoms with Gasteiger partial charge in [0.05, 0.1) is 26.2 Å². The molecule has 1 aliphatic rings. The molecule has 0 bridgehead atoms. The van der Waals surface area contributed by atoms with E-state index in [-0.39, 0.29) is 5.91 Å². The van der Waals surface area contributed by atoms with Gasteiger partial charge in [-0.3, -0.25) is 4.79 Å². The van der Waals surface area contributed by atoms with E-state index < -0.39 is 0 Å². The number of benzene rings is 1. The predicted molar refractivity (Wildman–Crippen MR) is 115 cm³/mol. The molecular weight excluding hydrogens is 386 g/mol. The summed E-state index contributed by atoms with van der Waals surface area (Å²) in [6, 6.07) is 6.03. The molecule has 29 heavy (non-hydrogen) atoms. The van der Waals surface area contributed by atoms with Gasteiger partial charge in [0, 0.05) is 38.1 Å². The molecule has 4 heterocycles. The number of rotatable bonds is 3. The van der Waals surface area contributed by atoms with Gasteiger partial charge in [0.2, 0.25) is 0 Å². The molecule has 1 fully saturated rings. The van der Waals surface area contributed by atoms with Crippen LogP contribution in [0.25, 0.3) is 21.3 Å². The molecule has 0 unspecified atom stereocenters. The number of piperazine rings is 1. The molecule has 3 aromatic heterocycles. The maximum Gasteiger partial charge on any atom is 0.256 e. The summed E-state index contributed by atoms with van der Waals surface area (Å²) in [4.78, 5) is 33.6. The lowest BCUT2D eigenvalue weighted by Gasteiger charge is -2.32. The quantitative estimate of drug-likeness (QED) is 0.543. The monoisotopic (exact) mass is 407 g/mol.